The fourth-order valence-electron chi connectivity index (χ4n) is 1.71. The number of hydrogen-bond acceptors (Lipinski definition) is 3. The number of nitrogens with one attached hydrogen (secondary N) is 1. The highest BCUT2D eigenvalue weighted by Gasteiger charge is 2.27. The highest BCUT2D eigenvalue weighted by Crippen LogP contribution is 2.29. The lowest BCUT2D eigenvalue weighted by Gasteiger charge is -2.07. The number of alkyl halides is 3. The van der Waals surface area contributed by atoms with Crippen LogP contribution in [0.15, 0.2) is 36.7 Å². The number of thioether (sulfide) groups is 1. The second kappa shape index (κ2) is 6.25. The summed E-state index contributed by atoms with van der Waals surface area (Å²) >= 11 is 0.000500. The van der Waals surface area contributed by atoms with Gasteiger partial charge in [-0.25, -0.2) is 0 Å². The third-order valence-electron chi connectivity index (χ3n) is 2.58. The van der Waals surface area contributed by atoms with Crippen molar-refractivity contribution in [3.63, 3.8) is 0 Å². The minimum absolute atomic E-state index is 0.000500. The number of nitrogens with zero attached hydrogens (tertiary/aromatic N) is 1. The van der Waals surface area contributed by atoms with E-state index < -0.39 is 5.51 Å². The molecule has 1 heterocycles. The van der Waals surface area contributed by atoms with Gasteiger partial charge >= 0.3 is 5.51 Å². The predicted molar refractivity (Wildman–Crippen MR) is 72.0 cm³/mol. The first-order chi connectivity index (χ1) is 9.04. The lowest BCUT2D eigenvalue weighted by atomic mass is 10.1. The Kier molecular flexibility index (Phi) is 4.66. The Morgan fingerprint density at radius 3 is 2.79 bits per heavy atom. The maximum absolute atomic E-state index is 11.9. The molecule has 0 aliphatic heterocycles. The Morgan fingerprint density at radius 2 is 2.00 bits per heavy atom. The van der Waals surface area contributed by atoms with Crippen LogP contribution in [0.4, 0.5) is 13.2 Å². The van der Waals surface area contributed by atoms with Gasteiger partial charge in [0.15, 0.2) is 0 Å². The van der Waals surface area contributed by atoms with E-state index in [1.54, 1.807) is 12.4 Å². The molecular formula is C13H13F3N2S. The molecule has 0 saturated carbocycles. The van der Waals surface area contributed by atoms with Gasteiger partial charge in [-0.05, 0) is 34.8 Å². The van der Waals surface area contributed by atoms with Crippen LogP contribution >= 0.6 is 11.8 Å². The smallest absolute Gasteiger partial charge is 0.312 e. The molecular weight excluding hydrogens is 273 g/mol. The van der Waals surface area contributed by atoms with Gasteiger partial charge in [0, 0.05) is 36.6 Å². The first-order valence-corrected chi connectivity index (χ1v) is 6.77. The van der Waals surface area contributed by atoms with Crippen LogP contribution in [0.1, 0.15) is 5.56 Å². The summed E-state index contributed by atoms with van der Waals surface area (Å²) in [5.41, 5.74) is -3.09. The summed E-state index contributed by atoms with van der Waals surface area (Å²) in [4.78, 5) is 4.03. The quantitative estimate of drug-likeness (QED) is 0.850. The van der Waals surface area contributed by atoms with Crippen molar-refractivity contribution in [2.45, 2.75) is 12.1 Å². The molecule has 0 amide bonds. The molecule has 0 bridgehead atoms. The number of aromatic nitrogens is 1. The maximum Gasteiger partial charge on any atom is 0.441 e. The van der Waals surface area contributed by atoms with E-state index in [9.17, 15) is 13.2 Å². The van der Waals surface area contributed by atoms with Gasteiger partial charge in [0.1, 0.15) is 0 Å². The standard InChI is InChI=1S/C13H13F3N2S/c14-13(15,16)19-6-5-18-8-10-1-2-12-9-17-4-3-11(12)7-10/h1-4,7,9,18H,5-6,8H2. The normalized spacial score (nSPS) is 11.9. The molecule has 0 aliphatic carbocycles. The van der Waals surface area contributed by atoms with Crippen molar-refractivity contribution >= 4 is 22.5 Å². The summed E-state index contributed by atoms with van der Waals surface area (Å²) in [5, 5.41) is 5.14. The molecule has 19 heavy (non-hydrogen) atoms. The molecule has 2 aromatic rings. The Balaban J connectivity index is 1.82. The van der Waals surface area contributed by atoms with Gasteiger partial charge in [0.25, 0.3) is 0 Å². The van der Waals surface area contributed by atoms with Gasteiger partial charge in [0.05, 0.1) is 0 Å². The molecule has 0 radical (unpaired) electrons. The highest BCUT2D eigenvalue weighted by atomic mass is 32.2. The maximum atomic E-state index is 11.9. The van der Waals surface area contributed by atoms with E-state index in [1.807, 2.05) is 24.3 Å². The Hall–Kier alpha value is -1.27. The molecule has 6 heteroatoms. The molecule has 0 spiro atoms. The summed E-state index contributed by atoms with van der Waals surface area (Å²) in [5.74, 6) is 0.0288. The summed E-state index contributed by atoms with van der Waals surface area (Å²) < 4.78 is 35.7. The van der Waals surface area contributed by atoms with Crippen LogP contribution < -0.4 is 5.32 Å². The van der Waals surface area contributed by atoms with Crippen LogP contribution in [-0.4, -0.2) is 22.8 Å². The molecule has 0 fully saturated rings. The van der Waals surface area contributed by atoms with Crippen LogP contribution in [0, 0.1) is 0 Å². The van der Waals surface area contributed by atoms with Crippen molar-refractivity contribution in [1.29, 1.82) is 0 Å². The van der Waals surface area contributed by atoms with Gasteiger partial charge < -0.3 is 5.32 Å². The summed E-state index contributed by atoms with van der Waals surface area (Å²) in [6.07, 6.45) is 3.51. The molecule has 0 unspecified atom stereocenters. The SMILES string of the molecule is FC(F)(F)SCCNCc1ccc2cnccc2c1. The van der Waals surface area contributed by atoms with Crippen molar-refractivity contribution in [3.8, 4) is 0 Å². The number of rotatable bonds is 5. The van der Waals surface area contributed by atoms with Gasteiger partial charge in [-0.15, -0.1) is 0 Å². The zero-order valence-corrected chi connectivity index (χ0v) is 10.9. The highest BCUT2D eigenvalue weighted by molar-refractivity contribution is 8.00. The lowest BCUT2D eigenvalue weighted by Crippen LogP contribution is -2.18. The average molecular weight is 286 g/mol. The van der Waals surface area contributed by atoms with E-state index in [-0.39, 0.29) is 17.5 Å². The van der Waals surface area contributed by atoms with Crippen LogP contribution in [-0.2, 0) is 6.54 Å². The van der Waals surface area contributed by atoms with Crippen LogP contribution in [0.2, 0.25) is 0 Å². The zero-order valence-electron chi connectivity index (χ0n) is 10.1. The number of fused-ring (bicyclic) bond motifs is 1. The lowest BCUT2D eigenvalue weighted by molar-refractivity contribution is -0.0327. The van der Waals surface area contributed by atoms with Gasteiger partial charge in [-0.2, -0.15) is 13.2 Å². The Bertz CT molecular complexity index is 543. The van der Waals surface area contributed by atoms with Crippen LogP contribution in [0.3, 0.4) is 0 Å². The summed E-state index contributed by atoms with van der Waals surface area (Å²) in [6, 6.07) is 7.84. The van der Waals surface area contributed by atoms with Crippen molar-refractivity contribution < 1.29 is 13.2 Å². The van der Waals surface area contributed by atoms with Gasteiger partial charge in [-0.1, -0.05) is 12.1 Å². The first-order valence-electron chi connectivity index (χ1n) is 5.79. The molecule has 2 nitrogen and oxygen atoms in total. The van der Waals surface area contributed by atoms with E-state index in [0.717, 1.165) is 16.3 Å². The average Bonchev–Trinajstić information content (AvgIpc) is 2.37. The minimum atomic E-state index is -4.14. The molecule has 1 N–H and O–H groups in total. The largest absolute Gasteiger partial charge is 0.441 e. The van der Waals surface area contributed by atoms with Gasteiger partial charge in [0.2, 0.25) is 0 Å². The van der Waals surface area contributed by atoms with E-state index in [1.165, 1.54) is 0 Å². The molecule has 102 valence electrons. The Morgan fingerprint density at radius 1 is 1.16 bits per heavy atom. The van der Waals surface area contributed by atoms with Crippen molar-refractivity contribution in [1.82, 2.24) is 10.3 Å². The number of pyridine rings is 1. The van der Waals surface area contributed by atoms with E-state index in [2.05, 4.69) is 10.3 Å². The Labute approximate surface area is 113 Å². The summed E-state index contributed by atoms with van der Waals surface area (Å²) in [6.45, 7) is 0.898. The van der Waals surface area contributed by atoms with Crippen molar-refractivity contribution in [3.05, 3.63) is 42.2 Å². The van der Waals surface area contributed by atoms with E-state index in [4.69, 9.17) is 0 Å². The number of benzene rings is 1. The second-order valence-electron chi connectivity index (χ2n) is 4.03. The van der Waals surface area contributed by atoms with Crippen molar-refractivity contribution in [2.24, 2.45) is 0 Å². The monoisotopic (exact) mass is 286 g/mol. The minimum Gasteiger partial charge on any atom is -0.312 e. The molecule has 0 aliphatic rings. The van der Waals surface area contributed by atoms with Crippen molar-refractivity contribution in [2.75, 3.05) is 12.3 Å². The third kappa shape index (κ3) is 4.72. The second-order valence-corrected chi connectivity index (χ2v) is 5.19. The predicted octanol–water partition coefficient (Wildman–Crippen LogP) is 3.58. The zero-order chi connectivity index (χ0) is 13.7. The first kappa shape index (κ1) is 14.1. The molecule has 1 aromatic carbocycles. The topological polar surface area (TPSA) is 24.9 Å². The van der Waals surface area contributed by atoms with Crippen LogP contribution in [0.25, 0.3) is 10.8 Å². The number of halogens is 3. The third-order valence-corrected chi connectivity index (χ3v) is 3.31. The van der Waals surface area contributed by atoms with Crippen LogP contribution in [0.5, 0.6) is 0 Å². The fraction of sp³-hybridized carbons (Fsp3) is 0.308. The van der Waals surface area contributed by atoms with E-state index >= 15 is 0 Å². The molecule has 0 saturated heterocycles. The van der Waals surface area contributed by atoms with E-state index in [0.29, 0.717) is 13.1 Å². The molecule has 0 atom stereocenters. The number of hydrogen-bond donors (Lipinski definition) is 1. The fourth-order valence-corrected chi connectivity index (χ4v) is 2.19. The molecule has 2 rings (SSSR count). The summed E-state index contributed by atoms with van der Waals surface area (Å²) in [7, 11) is 0. The molecule has 1 aromatic heterocycles. The van der Waals surface area contributed by atoms with Gasteiger partial charge in [-0.3, -0.25) is 4.98 Å².